The summed E-state index contributed by atoms with van der Waals surface area (Å²) in [4.78, 5) is 17.9. The van der Waals surface area contributed by atoms with Crippen LogP contribution in [0, 0.1) is 6.92 Å². The molecule has 2 heterocycles. The molecule has 2 rings (SSSR count). The van der Waals surface area contributed by atoms with Crippen LogP contribution in [0.3, 0.4) is 0 Å². The van der Waals surface area contributed by atoms with E-state index in [0.29, 0.717) is 15.7 Å². The van der Waals surface area contributed by atoms with Crippen molar-refractivity contribution in [1.82, 2.24) is 9.88 Å². The quantitative estimate of drug-likeness (QED) is 0.856. The lowest BCUT2D eigenvalue weighted by Gasteiger charge is -2.20. The van der Waals surface area contributed by atoms with E-state index >= 15 is 0 Å². The molecule has 0 spiro atoms. The Labute approximate surface area is 111 Å². The van der Waals surface area contributed by atoms with E-state index in [1.807, 2.05) is 0 Å². The second kappa shape index (κ2) is 5.67. The number of hydrogen-bond acceptors (Lipinski definition) is 5. The second-order valence-electron chi connectivity index (χ2n) is 4.79. The van der Waals surface area contributed by atoms with E-state index in [-0.39, 0.29) is 6.04 Å². The third kappa shape index (κ3) is 3.20. The molecule has 6 heteroatoms. The van der Waals surface area contributed by atoms with Crippen LogP contribution in [0.2, 0.25) is 0 Å². The third-order valence-corrected chi connectivity index (χ3v) is 4.17. The topological polar surface area (TPSA) is 65.5 Å². The highest BCUT2D eigenvalue weighted by molar-refractivity contribution is 7.17. The van der Waals surface area contributed by atoms with Crippen molar-refractivity contribution >= 4 is 22.4 Å². The Morgan fingerprint density at radius 1 is 1.56 bits per heavy atom. The normalized spacial score (nSPS) is 17.9. The lowest BCUT2D eigenvalue weighted by atomic mass is 10.3. The van der Waals surface area contributed by atoms with Crippen LogP contribution in [-0.2, 0) is 0 Å². The standard InChI is InChI=1S/C12H19N3O2S/c1-8(7-15-5-3-4-6-15)13-12-14-9(2)10(18-12)11(16)17/h8H,3-7H2,1-2H3,(H,13,14)(H,16,17). The van der Waals surface area contributed by atoms with Crippen molar-refractivity contribution in [2.24, 2.45) is 0 Å². The van der Waals surface area contributed by atoms with Crippen molar-refractivity contribution in [1.29, 1.82) is 0 Å². The first-order valence-corrected chi connectivity index (χ1v) is 7.07. The molecule has 0 aliphatic carbocycles. The van der Waals surface area contributed by atoms with E-state index < -0.39 is 5.97 Å². The van der Waals surface area contributed by atoms with Gasteiger partial charge in [0.1, 0.15) is 4.88 Å². The molecular formula is C12H19N3O2S. The van der Waals surface area contributed by atoms with Gasteiger partial charge in [0.05, 0.1) is 5.69 Å². The number of nitrogens with one attached hydrogen (secondary N) is 1. The zero-order chi connectivity index (χ0) is 13.1. The van der Waals surface area contributed by atoms with E-state index in [1.165, 1.54) is 37.3 Å². The zero-order valence-electron chi connectivity index (χ0n) is 10.8. The molecule has 1 aromatic rings. The zero-order valence-corrected chi connectivity index (χ0v) is 11.6. The minimum atomic E-state index is -0.898. The van der Waals surface area contributed by atoms with Gasteiger partial charge >= 0.3 is 5.97 Å². The molecule has 0 saturated carbocycles. The third-order valence-electron chi connectivity index (χ3n) is 3.09. The molecule has 18 heavy (non-hydrogen) atoms. The summed E-state index contributed by atoms with van der Waals surface area (Å²) in [6, 6.07) is 0.287. The van der Waals surface area contributed by atoms with Crippen LogP contribution in [-0.4, -0.2) is 46.6 Å². The lowest BCUT2D eigenvalue weighted by Crippen LogP contribution is -2.32. The van der Waals surface area contributed by atoms with Gasteiger partial charge in [0, 0.05) is 12.6 Å². The number of aryl methyl sites for hydroxylation is 1. The minimum absolute atomic E-state index is 0.287. The Hall–Kier alpha value is -1.14. The fraction of sp³-hybridized carbons (Fsp3) is 0.667. The molecular weight excluding hydrogens is 250 g/mol. The van der Waals surface area contributed by atoms with E-state index in [9.17, 15) is 4.79 Å². The van der Waals surface area contributed by atoms with E-state index in [1.54, 1.807) is 6.92 Å². The molecule has 2 N–H and O–H groups in total. The average molecular weight is 269 g/mol. The predicted molar refractivity (Wildman–Crippen MR) is 72.6 cm³/mol. The maximum Gasteiger partial charge on any atom is 0.347 e. The van der Waals surface area contributed by atoms with Crippen LogP contribution in [0.15, 0.2) is 0 Å². The van der Waals surface area contributed by atoms with Crippen molar-refractivity contribution in [2.75, 3.05) is 25.0 Å². The summed E-state index contributed by atoms with van der Waals surface area (Å²) in [7, 11) is 0. The summed E-state index contributed by atoms with van der Waals surface area (Å²) < 4.78 is 0. The van der Waals surface area contributed by atoms with Gasteiger partial charge in [-0.1, -0.05) is 11.3 Å². The Kier molecular flexibility index (Phi) is 4.19. The molecule has 1 aliphatic heterocycles. The molecule has 0 radical (unpaired) electrons. The summed E-state index contributed by atoms with van der Waals surface area (Å²) in [5.74, 6) is -0.898. The smallest absolute Gasteiger partial charge is 0.347 e. The summed E-state index contributed by atoms with van der Waals surface area (Å²) in [5.41, 5.74) is 0.586. The number of anilines is 1. The van der Waals surface area contributed by atoms with Gasteiger partial charge in [-0.15, -0.1) is 0 Å². The molecule has 1 aromatic heterocycles. The summed E-state index contributed by atoms with van der Waals surface area (Å²) in [5, 5.41) is 13.0. The first-order valence-electron chi connectivity index (χ1n) is 6.26. The number of likely N-dealkylation sites (tertiary alicyclic amines) is 1. The summed E-state index contributed by atoms with van der Waals surface area (Å²) in [6.07, 6.45) is 2.57. The van der Waals surface area contributed by atoms with Crippen molar-refractivity contribution in [2.45, 2.75) is 32.7 Å². The molecule has 0 amide bonds. The predicted octanol–water partition coefficient (Wildman–Crippen LogP) is 2.05. The largest absolute Gasteiger partial charge is 0.477 e. The molecule has 5 nitrogen and oxygen atoms in total. The number of carbonyl (C=O) groups is 1. The van der Waals surface area contributed by atoms with E-state index in [2.05, 4.69) is 22.1 Å². The van der Waals surface area contributed by atoms with Gasteiger partial charge in [0.25, 0.3) is 0 Å². The number of carboxylic acid groups (broad SMARTS) is 1. The maximum atomic E-state index is 10.9. The van der Waals surface area contributed by atoms with Gasteiger partial charge in [0.2, 0.25) is 0 Å². The van der Waals surface area contributed by atoms with Crippen molar-refractivity contribution in [3.8, 4) is 0 Å². The number of rotatable bonds is 5. The Balaban J connectivity index is 1.91. The highest BCUT2D eigenvalue weighted by atomic mass is 32.1. The number of thiazole rings is 1. The second-order valence-corrected chi connectivity index (χ2v) is 5.79. The van der Waals surface area contributed by atoms with E-state index in [4.69, 9.17) is 5.11 Å². The Morgan fingerprint density at radius 2 is 2.22 bits per heavy atom. The lowest BCUT2D eigenvalue weighted by molar-refractivity contribution is 0.0701. The number of aromatic carboxylic acids is 1. The van der Waals surface area contributed by atoms with Gasteiger partial charge in [-0.3, -0.25) is 0 Å². The van der Waals surface area contributed by atoms with Gasteiger partial charge in [0.15, 0.2) is 5.13 Å². The van der Waals surface area contributed by atoms with Crippen molar-refractivity contribution in [3.63, 3.8) is 0 Å². The first-order chi connectivity index (χ1) is 8.56. The summed E-state index contributed by atoms with van der Waals surface area (Å²) >= 11 is 1.21. The summed E-state index contributed by atoms with van der Waals surface area (Å²) in [6.45, 7) is 7.17. The average Bonchev–Trinajstić information content (AvgIpc) is 2.88. The van der Waals surface area contributed by atoms with Gasteiger partial charge in [-0.05, 0) is 39.8 Å². The monoisotopic (exact) mass is 269 g/mol. The van der Waals surface area contributed by atoms with Crippen molar-refractivity contribution in [3.05, 3.63) is 10.6 Å². The van der Waals surface area contributed by atoms with Gasteiger partial charge in [-0.2, -0.15) is 0 Å². The Bertz CT molecular complexity index is 427. The van der Waals surface area contributed by atoms with Crippen LogP contribution < -0.4 is 5.32 Å². The number of aromatic nitrogens is 1. The molecule has 1 fully saturated rings. The molecule has 100 valence electrons. The van der Waals surface area contributed by atoms with Crippen LogP contribution >= 0.6 is 11.3 Å². The number of hydrogen-bond donors (Lipinski definition) is 2. The first kappa shape index (κ1) is 13.3. The fourth-order valence-corrected chi connectivity index (χ4v) is 3.18. The fourth-order valence-electron chi connectivity index (χ4n) is 2.27. The van der Waals surface area contributed by atoms with E-state index in [0.717, 1.165) is 6.54 Å². The van der Waals surface area contributed by atoms with Crippen LogP contribution in [0.25, 0.3) is 0 Å². The minimum Gasteiger partial charge on any atom is -0.477 e. The van der Waals surface area contributed by atoms with Gasteiger partial charge < -0.3 is 15.3 Å². The highest BCUT2D eigenvalue weighted by Crippen LogP contribution is 2.23. The number of carboxylic acids is 1. The highest BCUT2D eigenvalue weighted by Gasteiger charge is 2.17. The molecule has 1 aliphatic rings. The van der Waals surface area contributed by atoms with Crippen LogP contribution in [0.4, 0.5) is 5.13 Å². The van der Waals surface area contributed by atoms with Crippen molar-refractivity contribution < 1.29 is 9.90 Å². The molecule has 1 unspecified atom stereocenters. The molecule has 1 atom stereocenters. The molecule has 0 aromatic carbocycles. The number of nitrogens with zero attached hydrogens (tertiary/aromatic N) is 2. The van der Waals surface area contributed by atoms with Crippen LogP contribution in [0.1, 0.15) is 35.1 Å². The Morgan fingerprint density at radius 3 is 2.78 bits per heavy atom. The molecule has 1 saturated heterocycles. The molecule has 0 bridgehead atoms. The maximum absolute atomic E-state index is 10.9. The SMILES string of the molecule is Cc1nc(NC(C)CN2CCCC2)sc1C(=O)O. The van der Waals surface area contributed by atoms with Gasteiger partial charge in [-0.25, -0.2) is 9.78 Å². The van der Waals surface area contributed by atoms with Crippen LogP contribution in [0.5, 0.6) is 0 Å².